The Labute approximate surface area is 113 Å². The molecule has 0 spiro atoms. The van der Waals surface area contributed by atoms with Gasteiger partial charge in [0.25, 0.3) is 0 Å². The summed E-state index contributed by atoms with van der Waals surface area (Å²) in [4.78, 5) is 25.9. The Bertz CT molecular complexity index is 458. The molecule has 2 atom stereocenters. The van der Waals surface area contributed by atoms with Gasteiger partial charge in [0.05, 0.1) is 6.61 Å². The highest BCUT2D eigenvalue weighted by Crippen LogP contribution is 2.22. The predicted octanol–water partition coefficient (Wildman–Crippen LogP) is 1.64. The van der Waals surface area contributed by atoms with Crippen molar-refractivity contribution in [3.8, 4) is 0 Å². The Kier molecular flexibility index (Phi) is 4.32. The number of carbonyl (C=O) groups excluding carboxylic acids is 2. The highest BCUT2D eigenvalue weighted by atomic mass is 16.5. The van der Waals surface area contributed by atoms with Gasteiger partial charge in [-0.15, -0.1) is 0 Å². The molecule has 19 heavy (non-hydrogen) atoms. The molecular formula is C15H19NO3. The quantitative estimate of drug-likeness (QED) is 0.610. The van der Waals surface area contributed by atoms with Crippen molar-refractivity contribution in [1.29, 1.82) is 0 Å². The minimum Gasteiger partial charge on any atom is -0.464 e. The minimum atomic E-state index is -0.741. The molecule has 1 aliphatic heterocycles. The van der Waals surface area contributed by atoms with Crippen molar-refractivity contribution in [2.75, 3.05) is 13.2 Å². The maximum atomic E-state index is 12.1. The summed E-state index contributed by atoms with van der Waals surface area (Å²) in [7, 11) is 0. The second-order valence-corrected chi connectivity index (χ2v) is 4.87. The lowest BCUT2D eigenvalue weighted by Gasteiger charge is -2.21. The fraction of sp³-hybridized carbons (Fsp3) is 0.467. The van der Waals surface area contributed by atoms with E-state index in [0.29, 0.717) is 19.7 Å². The number of rotatable bonds is 4. The van der Waals surface area contributed by atoms with E-state index in [1.807, 2.05) is 42.2 Å². The Hall–Kier alpha value is -1.68. The SMILES string of the molecule is CCOC(=O)C1C(=O)C(C)CN1Cc1ccccc1. The van der Waals surface area contributed by atoms with Gasteiger partial charge in [0, 0.05) is 19.0 Å². The normalized spacial score (nSPS) is 23.6. The third kappa shape index (κ3) is 3.01. The lowest BCUT2D eigenvalue weighted by Crippen LogP contribution is -2.40. The number of ketones is 1. The fourth-order valence-corrected chi connectivity index (χ4v) is 2.46. The Morgan fingerprint density at radius 3 is 2.68 bits per heavy atom. The van der Waals surface area contributed by atoms with Crippen LogP contribution in [0, 0.1) is 5.92 Å². The van der Waals surface area contributed by atoms with Crippen LogP contribution in [0.15, 0.2) is 30.3 Å². The van der Waals surface area contributed by atoms with Gasteiger partial charge in [-0.1, -0.05) is 37.3 Å². The van der Waals surface area contributed by atoms with Crippen molar-refractivity contribution in [3.05, 3.63) is 35.9 Å². The van der Waals surface area contributed by atoms with Crippen LogP contribution in [0.1, 0.15) is 19.4 Å². The van der Waals surface area contributed by atoms with Gasteiger partial charge in [-0.05, 0) is 12.5 Å². The van der Waals surface area contributed by atoms with Gasteiger partial charge in [0.2, 0.25) is 0 Å². The smallest absolute Gasteiger partial charge is 0.331 e. The second kappa shape index (κ2) is 5.97. The van der Waals surface area contributed by atoms with Crippen molar-refractivity contribution >= 4 is 11.8 Å². The summed E-state index contributed by atoms with van der Waals surface area (Å²) in [5.74, 6) is -0.569. The molecule has 0 amide bonds. The Balaban J connectivity index is 2.13. The van der Waals surface area contributed by atoms with Gasteiger partial charge < -0.3 is 4.74 Å². The Morgan fingerprint density at radius 2 is 2.05 bits per heavy atom. The van der Waals surface area contributed by atoms with Crippen molar-refractivity contribution in [2.45, 2.75) is 26.4 Å². The van der Waals surface area contributed by atoms with Crippen molar-refractivity contribution in [2.24, 2.45) is 5.92 Å². The number of benzene rings is 1. The fourth-order valence-electron chi connectivity index (χ4n) is 2.46. The number of Topliss-reactive ketones (excluding diaryl/α,β-unsaturated/α-hetero) is 1. The van der Waals surface area contributed by atoms with Crippen molar-refractivity contribution in [1.82, 2.24) is 4.90 Å². The first kappa shape index (κ1) is 13.7. The van der Waals surface area contributed by atoms with Gasteiger partial charge >= 0.3 is 5.97 Å². The molecule has 1 heterocycles. The molecule has 4 heteroatoms. The van der Waals surface area contributed by atoms with Crippen molar-refractivity contribution in [3.63, 3.8) is 0 Å². The first-order valence-corrected chi connectivity index (χ1v) is 6.61. The van der Waals surface area contributed by atoms with Crippen LogP contribution < -0.4 is 0 Å². The zero-order valence-electron chi connectivity index (χ0n) is 11.3. The molecule has 0 N–H and O–H groups in total. The standard InChI is InChI=1S/C15H19NO3/c1-3-19-15(18)13-14(17)11(2)9-16(13)10-12-7-5-4-6-8-12/h4-8,11,13H,3,9-10H2,1-2H3. The van der Waals surface area contributed by atoms with E-state index in [0.717, 1.165) is 5.56 Å². The van der Waals surface area contributed by atoms with E-state index in [1.54, 1.807) is 6.92 Å². The molecule has 0 aromatic heterocycles. The lowest BCUT2D eigenvalue weighted by atomic mass is 10.1. The van der Waals surface area contributed by atoms with Crippen LogP contribution in [-0.4, -0.2) is 35.8 Å². The molecule has 1 aromatic rings. The van der Waals surface area contributed by atoms with E-state index in [2.05, 4.69) is 0 Å². The third-order valence-electron chi connectivity index (χ3n) is 3.37. The van der Waals surface area contributed by atoms with Crippen LogP contribution in [0.25, 0.3) is 0 Å². The van der Waals surface area contributed by atoms with Gasteiger partial charge in [-0.3, -0.25) is 9.69 Å². The first-order valence-electron chi connectivity index (χ1n) is 6.61. The van der Waals surface area contributed by atoms with E-state index in [-0.39, 0.29) is 11.7 Å². The first-order chi connectivity index (χ1) is 9.13. The monoisotopic (exact) mass is 261 g/mol. The van der Waals surface area contributed by atoms with Crippen LogP contribution in [0.3, 0.4) is 0 Å². The summed E-state index contributed by atoms with van der Waals surface area (Å²) < 4.78 is 5.01. The summed E-state index contributed by atoms with van der Waals surface area (Å²) >= 11 is 0. The average Bonchev–Trinajstić information content (AvgIpc) is 2.66. The van der Waals surface area contributed by atoms with Crippen LogP contribution in [0.2, 0.25) is 0 Å². The van der Waals surface area contributed by atoms with E-state index >= 15 is 0 Å². The predicted molar refractivity (Wildman–Crippen MR) is 71.4 cm³/mol. The van der Waals surface area contributed by atoms with Crippen LogP contribution in [-0.2, 0) is 20.9 Å². The maximum absolute atomic E-state index is 12.1. The van der Waals surface area contributed by atoms with Gasteiger partial charge in [0.15, 0.2) is 11.8 Å². The molecule has 0 saturated carbocycles. The van der Waals surface area contributed by atoms with Crippen LogP contribution in [0.5, 0.6) is 0 Å². The lowest BCUT2D eigenvalue weighted by molar-refractivity contribution is -0.151. The molecule has 2 rings (SSSR count). The molecule has 2 unspecified atom stereocenters. The highest BCUT2D eigenvalue weighted by Gasteiger charge is 2.43. The summed E-state index contributed by atoms with van der Waals surface area (Å²) in [5.41, 5.74) is 1.10. The number of likely N-dealkylation sites (tertiary alicyclic amines) is 1. The van der Waals surface area contributed by atoms with Crippen LogP contribution >= 0.6 is 0 Å². The highest BCUT2D eigenvalue weighted by molar-refractivity contribution is 6.05. The van der Waals surface area contributed by atoms with Gasteiger partial charge in [-0.2, -0.15) is 0 Å². The number of esters is 1. The second-order valence-electron chi connectivity index (χ2n) is 4.87. The largest absolute Gasteiger partial charge is 0.464 e. The van der Waals surface area contributed by atoms with E-state index in [1.165, 1.54) is 0 Å². The molecule has 1 fully saturated rings. The molecule has 1 saturated heterocycles. The molecule has 1 aromatic carbocycles. The minimum absolute atomic E-state index is 0.0330. The molecule has 0 radical (unpaired) electrons. The summed E-state index contributed by atoms with van der Waals surface area (Å²) in [6.45, 7) is 5.12. The van der Waals surface area contributed by atoms with Gasteiger partial charge in [0.1, 0.15) is 0 Å². The third-order valence-corrected chi connectivity index (χ3v) is 3.37. The number of carbonyl (C=O) groups is 2. The van der Waals surface area contributed by atoms with E-state index < -0.39 is 12.0 Å². The molecule has 102 valence electrons. The van der Waals surface area contributed by atoms with E-state index in [4.69, 9.17) is 4.74 Å². The molecule has 0 aliphatic carbocycles. The maximum Gasteiger partial charge on any atom is 0.331 e. The summed E-state index contributed by atoms with van der Waals surface area (Å²) in [6.07, 6.45) is 0. The molecule has 1 aliphatic rings. The summed E-state index contributed by atoms with van der Waals surface area (Å²) in [6, 6.07) is 9.11. The number of hydrogen-bond acceptors (Lipinski definition) is 4. The molecule has 4 nitrogen and oxygen atoms in total. The Morgan fingerprint density at radius 1 is 1.37 bits per heavy atom. The van der Waals surface area contributed by atoms with E-state index in [9.17, 15) is 9.59 Å². The van der Waals surface area contributed by atoms with Gasteiger partial charge in [-0.25, -0.2) is 4.79 Å². The zero-order valence-corrected chi connectivity index (χ0v) is 11.3. The molecular weight excluding hydrogens is 242 g/mol. The molecule has 0 bridgehead atoms. The number of ether oxygens (including phenoxy) is 1. The zero-order chi connectivity index (χ0) is 13.8. The number of hydrogen-bond donors (Lipinski definition) is 0. The summed E-state index contributed by atoms with van der Waals surface area (Å²) in [5, 5.41) is 0. The number of nitrogens with zero attached hydrogens (tertiary/aromatic N) is 1. The average molecular weight is 261 g/mol. The topological polar surface area (TPSA) is 46.6 Å². The van der Waals surface area contributed by atoms with Crippen molar-refractivity contribution < 1.29 is 14.3 Å². The van der Waals surface area contributed by atoms with Crippen LogP contribution in [0.4, 0.5) is 0 Å².